The Labute approximate surface area is 209 Å². The van der Waals surface area contributed by atoms with Gasteiger partial charge in [0.05, 0.1) is 30.1 Å². The largest absolute Gasteiger partial charge is 0.490 e. The van der Waals surface area contributed by atoms with Crippen LogP contribution in [-0.2, 0) is 12.7 Å². The van der Waals surface area contributed by atoms with Gasteiger partial charge in [-0.15, -0.1) is 0 Å². The minimum Gasteiger partial charge on any atom is -0.490 e. The van der Waals surface area contributed by atoms with Gasteiger partial charge >= 0.3 is 11.9 Å². The summed E-state index contributed by atoms with van der Waals surface area (Å²) < 4.78 is 47.7. The van der Waals surface area contributed by atoms with Crippen molar-refractivity contribution in [2.24, 2.45) is 0 Å². The smallest absolute Gasteiger partial charge is 0.435 e. The molecule has 3 heterocycles. The summed E-state index contributed by atoms with van der Waals surface area (Å²) in [6.45, 7) is 5.62. The summed E-state index contributed by atoms with van der Waals surface area (Å²) in [5.74, 6) is 1.06. The molecule has 0 fully saturated rings. The van der Waals surface area contributed by atoms with E-state index in [-0.39, 0.29) is 18.3 Å². The van der Waals surface area contributed by atoms with Crippen LogP contribution in [-0.4, -0.2) is 35.4 Å². The van der Waals surface area contributed by atoms with Crippen LogP contribution in [0, 0.1) is 6.92 Å². The molecule has 11 heteroatoms. The van der Waals surface area contributed by atoms with Crippen LogP contribution >= 0.6 is 0 Å². The lowest BCUT2D eigenvalue weighted by Crippen LogP contribution is -2.18. The maximum absolute atomic E-state index is 13.0. The maximum Gasteiger partial charge on any atom is 0.435 e. The Bertz CT molecular complexity index is 1630. The molecule has 0 unspecified atom stereocenters. The summed E-state index contributed by atoms with van der Waals surface area (Å²) in [5, 5.41) is 3.68. The summed E-state index contributed by atoms with van der Waals surface area (Å²) in [4.78, 5) is 24.6. The van der Waals surface area contributed by atoms with E-state index in [1.807, 2.05) is 38.1 Å². The monoisotopic (exact) mass is 508 g/mol. The first-order valence-corrected chi connectivity index (χ1v) is 11.5. The van der Waals surface area contributed by atoms with Crippen molar-refractivity contribution in [3.63, 3.8) is 0 Å². The Morgan fingerprint density at radius 2 is 1.81 bits per heavy atom. The van der Waals surface area contributed by atoms with Crippen molar-refractivity contribution in [2.45, 2.75) is 39.6 Å². The second kappa shape index (κ2) is 9.23. The first-order valence-electron chi connectivity index (χ1n) is 11.5. The molecule has 0 saturated heterocycles. The van der Waals surface area contributed by atoms with Crippen LogP contribution in [0.25, 0.3) is 28.2 Å². The number of nitrogens with one attached hydrogen (secondary N) is 1. The van der Waals surface area contributed by atoms with Crippen molar-refractivity contribution in [1.82, 2.24) is 29.3 Å². The van der Waals surface area contributed by atoms with Crippen molar-refractivity contribution >= 4 is 11.2 Å². The molecule has 2 aromatic carbocycles. The first-order chi connectivity index (χ1) is 17.6. The lowest BCUT2D eigenvalue weighted by Gasteiger charge is -2.13. The molecule has 0 radical (unpaired) electrons. The minimum atomic E-state index is -4.52. The van der Waals surface area contributed by atoms with Gasteiger partial charge in [0, 0.05) is 5.69 Å². The summed E-state index contributed by atoms with van der Waals surface area (Å²) >= 11 is 0. The summed E-state index contributed by atoms with van der Waals surface area (Å²) in [6, 6.07) is 15.2. The highest BCUT2D eigenvalue weighted by Crippen LogP contribution is 2.30. The average molecular weight is 509 g/mol. The number of benzene rings is 2. The zero-order chi connectivity index (χ0) is 26.3. The molecular weight excluding hydrogens is 485 g/mol. The molecule has 0 saturated carbocycles. The molecule has 1 N–H and O–H groups in total. The second-order valence-electron chi connectivity index (χ2n) is 8.86. The van der Waals surface area contributed by atoms with Crippen LogP contribution in [0.4, 0.5) is 13.2 Å². The zero-order valence-corrected chi connectivity index (χ0v) is 20.2. The molecule has 0 aliphatic carbocycles. The van der Waals surface area contributed by atoms with Crippen LogP contribution in [0.3, 0.4) is 0 Å². The molecule has 0 atom stereocenters. The number of para-hydroxylation sites is 1. The fourth-order valence-electron chi connectivity index (χ4n) is 4.03. The SMILES string of the molecule is Cc1cc(C(F)(F)F)nn1-c1ccc(Cn2c(=O)[nH]c3cnc(-c4ccccc4OC(C)C)nc32)cc1. The van der Waals surface area contributed by atoms with Crippen molar-refractivity contribution in [3.8, 4) is 22.8 Å². The fourth-order valence-corrected chi connectivity index (χ4v) is 4.03. The van der Waals surface area contributed by atoms with Gasteiger partial charge in [-0.2, -0.15) is 18.3 Å². The van der Waals surface area contributed by atoms with E-state index in [1.165, 1.54) is 9.25 Å². The lowest BCUT2D eigenvalue weighted by atomic mass is 10.2. The molecule has 37 heavy (non-hydrogen) atoms. The molecule has 5 aromatic rings. The van der Waals surface area contributed by atoms with Crippen LogP contribution in [0.2, 0.25) is 0 Å². The highest BCUT2D eigenvalue weighted by Gasteiger charge is 2.34. The maximum atomic E-state index is 13.0. The van der Waals surface area contributed by atoms with E-state index in [9.17, 15) is 18.0 Å². The number of ether oxygens (including phenoxy) is 1. The number of halogens is 3. The number of fused-ring (bicyclic) bond motifs is 1. The van der Waals surface area contributed by atoms with Gasteiger partial charge in [-0.3, -0.25) is 4.57 Å². The van der Waals surface area contributed by atoms with E-state index < -0.39 is 11.9 Å². The predicted molar refractivity (Wildman–Crippen MR) is 132 cm³/mol. The second-order valence-corrected chi connectivity index (χ2v) is 8.86. The summed E-state index contributed by atoms with van der Waals surface area (Å²) in [7, 11) is 0. The van der Waals surface area contributed by atoms with E-state index in [2.05, 4.69) is 20.1 Å². The topological polar surface area (TPSA) is 90.6 Å². The number of hydrogen-bond donors (Lipinski definition) is 1. The van der Waals surface area contributed by atoms with E-state index in [0.717, 1.165) is 11.6 Å². The first kappa shape index (κ1) is 24.3. The predicted octanol–water partition coefficient (Wildman–Crippen LogP) is 5.14. The van der Waals surface area contributed by atoms with E-state index >= 15 is 0 Å². The summed E-state index contributed by atoms with van der Waals surface area (Å²) in [5.41, 5.74) is 1.92. The normalized spacial score (nSPS) is 12.0. The van der Waals surface area contributed by atoms with Crippen LogP contribution < -0.4 is 10.4 Å². The van der Waals surface area contributed by atoms with Gasteiger partial charge in [0.2, 0.25) is 0 Å². The number of rotatable bonds is 6. The number of aryl methyl sites for hydroxylation is 1. The Balaban J connectivity index is 1.47. The molecule has 0 aliphatic rings. The fraction of sp³-hybridized carbons (Fsp3) is 0.231. The van der Waals surface area contributed by atoms with Crippen molar-refractivity contribution in [1.29, 1.82) is 0 Å². The van der Waals surface area contributed by atoms with Gasteiger partial charge in [0.15, 0.2) is 17.2 Å². The third-order valence-corrected chi connectivity index (χ3v) is 5.70. The van der Waals surface area contributed by atoms with E-state index in [4.69, 9.17) is 4.74 Å². The van der Waals surface area contributed by atoms with Gasteiger partial charge in [-0.25, -0.2) is 19.4 Å². The van der Waals surface area contributed by atoms with Crippen molar-refractivity contribution < 1.29 is 17.9 Å². The quantitative estimate of drug-likeness (QED) is 0.343. The summed E-state index contributed by atoms with van der Waals surface area (Å²) in [6.07, 6.45) is -3.00. The van der Waals surface area contributed by atoms with Gasteiger partial charge in [0.1, 0.15) is 11.3 Å². The zero-order valence-electron chi connectivity index (χ0n) is 20.2. The molecule has 0 aliphatic heterocycles. The number of nitrogens with zero attached hydrogens (tertiary/aromatic N) is 5. The van der Waals surface area contributed by atoms with Crippen LogP contribution in [0.1, 0.15) is 30.8 Å². The van der Waals surface area contributed by atoms with Gasteiger partial charge < -0.3 is 9.72 Å². The standard InChI is InChI=1S/C26H23F3N6O2/c1-15(2)37-21-7-5-4-6-19(21)23-30-13-20-24(32-23)34(25(36)31-20)14-17-8-10-18(11-9-17)35-16(3)12-22(33-35)26(27,28)29/h4-13,15H,14H2,1-3H3,(H,31,36). The molecule has 8 nitrogen and oxygen atoms in total. The third kappa shape index (κ3) is 4.84. The molecule has 3 aromatic heterocycles. The average Bonchev–Trinajstić information content (AvgIpc) is 3.39. The lowest BCUT2D eigenvalue weighted by molar-refractivity contribution is -0.141. The number of hydrogen-bond acceptors (Lipinski definition) is 5. The van der Waals surface area contributed by atoms with Crippen LogP contribution in [0.15, 0.2) is 65.6 Å². The molecular formula is C26H23F3N6O2. The molecule has 0 amide bonds. The Morgan fingerprint density at radius 1 is 1.08 bits per heavy atom. The Hall–Kier alpha value is -4.41. The van der Waals surface area contributed by atoms with Crippen LogP contribution in [0.5, 0.6) is 5.75 Å². The van der Waals surface area contributed by atoms with E-state index in [1.54, 1.807) is 37.4 Å². The minimum absolute atomic E-state index is 0.0381. The number of aromatic nitrogens is 6. The Kier molecular flexibility index (Phi) is 6.06. The van der Waals surface area contributed by atoms with Gasteiger partial charge in [-0.1, -0.05) is 24.3 Å². The Morgan fingerprint density at radius 3 is 2.49 bits per heavy atom. The highest BCUT2D eigenvalue weighted by atomic mass is 19.4. The number of imidazole rings is 1. The van der Waals surface area contributed by atoms with Gasteiger partial charge in [0.25, 0.3) is 0 Å². The number of H-pyrrole nitrogens is 1. The number of alkyl halides is 3. The third-order valence-electron chi connectivity index (χ3n) is 5.70. The van der Waals surface area contributed by atoms with E-state index in [0.29, 0.717) is 39.7 Å². The molecule has 190 valence electrons. The highest BCUT2D eigenvalue weighted by molar-refractivity contribution is 5.74. The number of aromatic amines is 1. The molecule has 0 spiro atoms. The van der Waals surface area contributed by atoms with Gasteiger partial charge in [-0.05, 0) is 56.7 Å². The van der Waals surface area contributed by atoms with Crippen molar-refractivity contribution in [3.05, 3.63) is 88.2 Å². The van der Waals surface area contributed by atoms with Crippen molar-refractivity contribution in [2.75, 3.05) is 0 Å². The molecule has 5 rings (SSSR count). The molecule has 0 bridgehead atoms.